The van der Waals surface area contributed by atoms with E-state index in [1.54, 1.807) is 29.3 Å². The van der Waals surface area contributed by atoms with Crippen molar-refractivity contribution in [3.8, 4) is 0 Å². The first kappa shape index (κ1) is 15.7. The van der Waals surface area contributed by atoms with Gasteiger partial charge in [0, 0.05) is 28.7 Å². The van der Waals surface area contributed by atoms with Crippen molar-refractivity contribution in [2.45, 2.75) is 13.3 Å². The fourth-order valence-electron chi connectivity index (χ4n) is 2.63. The van der Waals surface area contributed by atoms with E-state index in [-0.39, 0.29) is 5.91 Å². The lowest BCUT2D eigenvalue weighted by Gasteiger charge is -2.22. The minimum Gasteiger partial charge on any atom is -0.366 e. The van der Waals surface area contributed by atoms with Crippen molar-refractivity contribution in [1.29, 1.82) is 0 Å². The van der Waals surface area contributed by atoms with Crippen molar-refractivity contribution in [2.24, 2.45) is 5.73 Å². The van der Waals surface area contributed by atoms with Gasteiger partial charge in [0.2, 0.25) is 5.91 Å². The van der Waals surface area contributed by atoms with E-state index >= 15 is 0 Å². The number of nitrogens with one attached hydrogen (secondary N) is 1. The Morgan fingerprint density at radius 3 is 2.71 bits per heavy atom. The van der Waals surface area contributed by atoms with Gasteiger partial charge in [-0.3, -0.25) is 14.7 Å². The third-order valence-electron chi connectivity index (χ3n) is 3.82. The van der Waals surface area contributed by atoms with Gasteiger partial charge in [0.25, 0.3) is 5.91 Å². The molecule has 6 heteroatoms. The largest absolute Gasteiger partial charge is 0.366 e. The van der Waals surface area contributed by atoms with Gasteiger partial charge < -0.3 is 10.6 Å². The summed E-state index contributed by atoms with van der Waals surface area (Å²) in [6, 6.07) is 12.2. The zero-order valence-electron chi connectivity index (χ0n) is 13.3. The summed E-state index contributed by atoms with van der Waals surface area (Å²) in [6.07, 6.45) is 2.55. The van der Waals surface area contributed by atoms with Crippen LogP contribution in [-0.2, 0) is 0 Å². The molecule has 24 heavy (non-hydrogen) atoms. The highest BCUT2D eigenvalue weighted by molar-refractivity contribution is 6.08. The van der Waals surface area contributed by atoms with Crippen molar-refractivity contribution in [3.63, 3.8) is 0 Å². The lowest BCUT2D eigenvalue weighted by molar-refractivity contribution is 0.0987. The second-order valence-electron chi connectivity index (χ2n) is 5.54. The SMILES string of the molecule is CCCN(C(=O)c1cccc(C(N)=O)c1)c1ccc2cn[nH]c2c1. The molecule has 0 spiro atoms. The van der Waals surface area contributed by atoms with Crippen LogP contribution in [-0.4, -0.2) is 28.6 Å². The molecule has 1 aromatic heterocycles. The first-order valence-corrected chi connectivity index (χ1v) is 7.75. The molecular weight excluding hydrogens is 304 g/mol. The summed E-state index contributed by atoms with van der Waals surface area (Å²) in [4.78, 5) is 26.0. The highest BCUT2D eigenvalue weighted by atomic mass is 16.2. The predicted octanol–water partition coefficient (Wildman–Crippen LogP) is 2.72. The Kier molecular flexibility index (Phi) is 4.29. The van der Waals surface area contributed by atoms with Crippen LogP contribution in [0.4, 0.5) is 5.69 Å². The normalized spacial score (nSPS) is 10.7. The van der Waals surface area contributed by atoms with Gasteiger partial charge in [-0.1, -0.05) is 13.0 Å². The Hall–Kier alpha value is -3.15. The molecule has 3 rings (SSSR count). The maximum absolute atomic E-state index is 12.9. The number of rotatable bonds is 5. The fourth-order valence-corrected chi connectivity index (χ4v) is 2.63. The predicted molar refractivity (Wildman–Crippen MR) is 93.0 cm³/mol. The third kappa shape index (κ3) is 2.99. The molecule has 3 N–H and O–H groups in total. The van der Waals surface area contributed by atoms with Crippen LogP contribution in [0.5, 0.6) is 0 Å². The van der Waals surface area contributed by atoms with Crippen molar-refractivity contribution in [3.05, 3.63) is 59.8 Å². The first-order chi connectivity index (χ1) is 11.6. The topological polar surface area (TPSA) is 92.1 Å². The summed E-state index contributed by atoms with van der Waals surface area (Å²) in [5.74, 6) is -0.718. The number of carbonyl (C=O) groups excluding carboxylic acids is 2. The minimum atomic E-state index is -0.550. The monoisotopic (exact) mass is 322 g/mol. The number of amides is 2. The fraction of sp³-hybridized carbons (Fsp3) is 0.167. The molecule has 6 nitrogen and oxygen atoms in total. The number of primary amides is 1. The van der Waals surface area contributed by atoms with Crippen LogP contribution < -0.4 is 10.6 Å². The number of benzene rings is 2. The molecule has 0 saturated carbocycles. The molecule has 0 bridgehead atoms. The molecule has 0 saturated heterocycles. The van der Waals surface area contributed by atoms with Crippen molar-refractivity contribution < 1.29 is 9.59 Å². The number of carbonyl (C=O) groups is 2. The van der Waals surface area contributed by atoms with Crippen LogP contribution in [0.1, 0.15) is 34.1 Å². The number of fused-ring (bicyclic) bond motifs is 1. The van der Waals surface area contributed by atoms with E-state index in [0.29, 0.717) is 17.7 Å². The molecule has 0 radical (unpaired) electrons. The number of aromatic amines is 1. The van der Waals surface area contributed by atoms with Gasteiger partial charge in [-0.25, -0.2) is 0 Å². The van der Waals surface area contributed by atoms with E-state index in [1.165, 1.54) is 6.07 Å². The van der Waals surface area contributed by atoms with Crippen molar-refractivity contribution >= 4 is 28.4 Å². The van der Waals surface area contributed by atoms with Gasteiger partial charge in [-0.2, -0.15) is 5.10 Å². The Bertz CT molecular complexity index is 901. The highest BCUT2D eigenvalue weighted by Crippen LogP contribution is 2.23. The van der Waals surface area contributed by atoms with Gasteiger partial charge in [0.05, 0.1) is 11.7 Å². The molecule has 122 valence electrons. The number of anilines is 1. The van der Waals surface area contributed by atoms with Crippen LogP contribution in [0.2, 0.25) is 0 Å². The number of nitrogens with zero attached hydrogens (tertiary/aromatic N) is 2. The summed E-state index contributed by atoms with van der Waals surface area (Å²) in [5, 5.41) is 7.90. The summed E-state index contributed by atoms with van der Waals surface area (Å²) in [7, 11) is 0. The molecule has 0 fully saturated rings. The summed E-state index contributed by atoms with van der Waals surface area (Å²) >= 11 is 0. The summed E-state index contributed by atoms with van der Waals surface area (Å²) in [5.41, 5.74) is 7.71. The first-order valence-electron chi connectivity index (χ1n) is 7.75. The maximum Gasteiger partial charge on any atom is 0.258 e. The van der Waals surface area contributed by atoms with E-state index in [2.05, 4.69) is 10.2 Å². The van der Waals surface area contributed by atoms with Gasteiger partial charge in [0.15, 0.2) is 0 Å². The van der Waals surface area contributed by atoms with Crippen LogP contribution in [0.25, 0.3) is 10.9 Å². The number of aromatic nitrogens is 2. The third-order valence-corrected chi connectivity index (χ3v) is 3.82. The van der Waals surface area contributed by atoms with Crippen molar-refractivity contribution in [1.82, 2.24) is 10.2 Å². The van der Waals surface area contributed by atoms with E-state index in [0.717, 1.165) is 23.0 Å². The Labute approximate surface area is 139 Å². The number of H-pyrrole nitrogens is 1. The second-order valence-corrected chi connectivity index (χ2v) is 5.54. The molecule has 2 aromatic carbocycles. The molecule has 0 atom stereocenters. The van der Waals surface area contributed by atoms with Crippen LogP contribution in [0.15, 0.2) is 48.7 Å². The molecule has 3 aromatic rings. The van der Waals surface area contributed by atoms with Gasteiger partial charge >= 0.3 is 0 Å². The molecule has 0 unspecified atom stereocenters. The maximum atomic E-state index is 12.9. The summed E-state index contributed by atoms with van der Waals surface area (Å²) < 4.78 is 0. The Morgan fingerprint density at radius 2 is 1.96 bits per heavy atom. The van der Waals surface area contributed by atoms with E-state index in [4.69, 9.17) is 5.73 Å². The van der Waals surface area contributed by atoms with Crippen molar-refractivity contribution in [2.75, 3.05) is 11.4 Å². The van der Waals surface area contributed by atoms with Gasteiger partial charge in [0.1, 0.15) is 0 Å². The smallest absolute Gasteiger partial charge is 0.258 e. The number of hydrogen-bond acceptors (Lipinski definition) is 3. The van der Waals surface area contributed by atoms with Gasteiger partial charge in [-0.15, -0.1) is 0 Å². The second kappa shape index (κ2) is 6.54. The lowest BCUT2D eigenvalue weighted by Crippen LogP contribution is -2.31. The van der Waals surface area contributed by atoms with E-state index < -0.39 is 5.91 Å². The average Bonchev–Trinajstić information content (AvgIpc) is 3.06. The van der Waals surface area contributed by atoms with Crippen LogP contribution in [0.3, 0.4) is 0 Å². The Morgan fingerprint density at radius 1 is 1.17 bits per heavy atom. The standard InChI is InChI=1S/C18H18N4O2/c1-2-8-22(15-7-6-14-11-20-21-16(14)10-15)18(24)13-5-3-4-12(9-13)17(19)23/h3-7,9-11H,2,8H2,1H3,(H2,19,23)(H,20,21). The molecule has 0 aliphatic heterocycles. The molecule has 2 amide bonds. The Balaban J connectivity index is 1.99. The van der Waals surface area contributed by atoms with Crippen LogP contribution in [0, 0.1) is 0 Å². The van der Waals surface area contributed by atoms with E-state index in [9.17, 15) is 9.59 Å². The number of nitrogens with two attached hydrogens (primary N) is 1. The average molecular weight is 322 g/mol. The quantitative estimate of drug-likeness (QED) is 0.756. The number of hydrogen-bond donors (Lipinski definition) is 2. The molecule has 0 aliphatic rings. The highest BCUT2D eigenvalue weighted by Gasteiger charge is 2.18. The lowest BCUT2D eigenvalue weighted by atomic mass is 10.1. The molecule has 1 heterocycles. The minimum absolute atomic E-state index is 0.168. The summed E-state index contributed by atoms with van der Waals surface area (Å²) in [6.45, 7) is 2.58. The molecular formula is C18H18N4O2. The van der Waals surface area contributed by atoms with Crippen LogP contribution >= 0.6 is 0 Å². The zero-order valence-corrected chi connectivity index (χ0v) is 13.3. The molecule has 0 aliphatic carbocycles. The zero-order chi connectivity index (χ0) is 17.1. The van der Waals surface area contributed by atoms with Gasteiger partial charge in [-0.05, 0) is 42.8 Å². The van der Waals surface area contributed by atoms with E-state index in [1.807, 2.05) is 25.1 Å².